The number of carboxylic acid groups (broad SMARTS) is 1. The zero-order valence-electron chi connectivity index (χ0n) is 5.84. The van der Waals surface area contributed by atoms with Crippen molar-refractivity contribution in [3.8, 4) is 0 Å². The Morgan fingerprint density at radius 1 is 1.82 bits per heavy atom. The fourth-order valence-corrected chi connectivity index (χ4v) is 0.780. The maximum absolute atomic E-state index is 12.4. The molecule has 0 bridgehead atoms. The third-order valence-corrected chi connectivity index (χ3v) is 1.25. The number of nitrogens with one attached hydrogen (secondary N) is 1. The van der Waals surface area contributed by atoms with Gasteiger partial charge in [0.15, 0.2) is 0 Å². The molecule has 0 radical (unpaired) electrons. The molecule has 1 aromatic heterocycles. The minimum absolute atomic E-state index is 0.120. The van der Waals surface area contributed by atoms with Gasteiger partial charge in [-0.3, -0.25) is 4.68 Å². The zero-order valence-corrected chi connectivity index (χ0v) is 5.84. The van der Waals surface area contributed by atoms with Gasteiger partial charge < -0.3 is 10.5 Å². The number of halogens is 1. The van der Waals surface area contributed by atoms with Crippen LogP contribution in [0.25, 0.3) is 0 Å². The average Bonchev–Trinajstić information content (AvgIpc) is 2.30. The largest absolute Gasteiger partial charge is 0.477 e. The van der Waals surface area contributed by atoms with Gasteiger partial charge in [-0.25, -0.2) is 9.18 Å². The molecule has 1 heterocycles. The van der Waals surface area contributed by atoms with Gasteiger partial charge in [0.1, 0.15) is 11.5 Å². The number of rotatable bonds is 2. The SMILES string of the molecule is CNn1cc(F)cc1C(=O)O. The molecule has 1 rings (SSSR count). The van der Waals surface area contributed by atoms with E-state index < -0.39 is 11.8 Å². The summed E-state index contributed by atoms with van der Waals surface area (Å²) in [5.74, 6) is -1.74. The van der Waals surface area contributed by atoms with Crippen molar-refractivity contribution >= 4 is 5.97 Å². The van der Waals surface area contributed by atoms with Crippen LogP contribution in [0.1, 0.15) is 10.5 Å². The number of aromatic carboxylic acids is 1. The maximum atomic E-state index is 12.4. The summed E-state index contributed by atoms with van der Waals surface area (Å²) >= 11 is 0. The first-order valence-electron chi connectivity index (χ1n) is 2.94. The van der Waals surface area contributed by atoms with E-state index in [1.54, 1.807) is 0 Å². The lowest BCUT2D eigenvalue weighted by Crippen LogP contribution is -2.14. The molecular formula is C6H7FN2O2. The number of carbonyl (C=O) groups is 1. The summed E-state index contributed by atoms with van der Waals surface area (Å²) in [6, 6.07) is 0.943. The van der Waals surface area contributed by atoms with E-state index in [0.717, 1.165) is 16.9 Å². The van der Waals surface area contributed by atoms with E-state index in [1.165, 1.54) is 7.05 Å². The molecular weight excluding hydrogens is 151 g/mol. The average molecular weight is 158 g/mol. The second-order valence-electron chi connectivity index (χ2n) is 1.94. The van der Waals surface area contributed by atoms with E-state index in [0.29, 0.717) is 0 Å². The highest BCUT2D eigenvalue weighted by Gasteiger charge is 2.10. The van der Waals surface area contributed by atoms with Crippen LogP contribution in [0.3, 0.4) is 0 Å². The van der Waals surface area contributed by atoms with Gasteiger partial charge >= 0.3 is 5.97 Å². The first-order valence-corrected chi connectivity index (χ1v) is 2.94. The molecule has 11 heavy (non-hydrogen) atoms. The van der Waals surface area contributed by atoms with E-state index in [9.17, 15) is 9.18 Å². The molecule has 0 atom stereocenters. The van der Waals surface area contributed by atoms with Crippen LogP contribution in [-0.2, 0) is 0 Å². The molecule has 0 unspecified atom stereocenters. The van der Waals surface area contributed by atoms with Gasteiger partial charge in [0.25, 0.3) is 0 Å². The van der Waals surface area contributed by atoms with Crippen molar-refractivity contribution < 1.29 is 14.3 Å². The second kappa shape index (κ2) is 2.61. The zero-order chi connectivity index (χ0) is 8.43. The summed E-state index contributed by atoms with van der Waals surface area (Å²) in [5, 5.41) is 8.48. The Morgan fingerprint density at radius 3 is 2.82 bits per heavy atom. The fraction of sp³-hybridized carbons (Fsp3) is 0.167. The molecule has 0 aliphatic carbocycles. The van der Waals surface area contributed by atoms with Crippen molar-refractivity contribution in [1.82, 2.24) is 4.68 Å². The van der Waals surface area contributed by atoms with Gasteiger partial charge in [-0.15, -0.1) is 0 Å². The smallest absolute Gasteiger partial charge is 0.354 e. The third kappa shape index (κ3) is 1.31. The van der Waals surface area contributed by atoms with Crippen LogP contribution in [0.2, 0.25) is 0 Å². The normalized spacial score (nSPS) is 9.64. The van der Waals surface area contributed by atoms with Crippen LogP contribution in [-0.4, -0.2) is 22.8 Å². The third-order valence-electron chi connectivity index (χ3n) is 1.25. The first kappa shape index (κ1) is 7.59. The molecule has 0 saturated carbocycles. The molecule has 0 spiro atoms. The predicted octanol–water partition coefficient (Wildman–Crippen LogP) is 0.499. The Labute approximate surface area is 62.2 Å². The molecule has 0 saturated heterocycles. The van der Waals surface area contributed by atoms with E-state index >= 15 is 0 Å². The highest BCUT2D eigenvalue weighted by Crippen LogP contribution is 2.04. The van der Waals surface area contributed by atoms with Crippen molar-refractivity contribution in [1.29, 1.82) is 0 Å². The Balaban J connectivity index is 3.12. The summed E-state index contributed by atoms with van der Waals surface area (Å²) in [7, 11) is 1.51. The molecule has 4 nitrogen and oxygen atoms in total. The molecule has 1 aromatic rings. The van der Waals surface area contributed by atoms with Crippen molar-refractivity contribution in [2.24, 2.45) is 0 Å². The molecule has 60 valence electrons. The Hall–Kier alpha value is -1.52. The molecule has 0 amide bonds. The van der Waals surface area contributed by atoms with Crippen LogP contribution >= 0.6 is 0 Å². The Bertz CT molecular complexity index is 282. The van der Waals surface area contributed by atoms with Crippen LogP contribution in [0.4, 0.5) is 4.39 Å². The minimum Gasteiger partial charge on any atom is -0.477 e. The Kier molecular flexibility index (Phi) is 1.80. The summed E-state index contributed by atoms with van der Waals surface area (Å²) < 4.78 is 13.5. The van der Waals surface area contributed by atoms with Crippen molar-refractivity contribution in [3.63, 3.8) is 0 Å². The highest BCUT2D eigenvalue weighted by atomic mass is 19.1. The first-order chi connectivity index (χ1) is 5.15. The molecule has 0 aliphatic heterocycles. The fourth-order valence-electron chi connectivity index (χ4n) is 0.780. The second-order valence-corrected chi connectivity index (χ2v) is 1.94. The van der Waals surface area contributed by atoms with Crippen LogP contribution in [0.15, 0.2) is 12.3 Å². The predicted molar refractivity (Wildman–Crippen MR) is 36.6 cm³/mol. The van der Waals surface area contributed by atoms with Gasteiger partial charge in [0.2, 0.25) is 0 Å². The van der Waals surface area contributed by atoms with Gasteiger partial charge in [-0.2, -0.15) is 0 Å². The maximum Gasteiger partial charge on any atom is 0.354 e. The van der Waals surface area contributed by atoms with E-state index in [2.05, 4.69) is 5.43 Å². The monoisotopic (exact) mass is 158 g/mol. The van der Waals surface area contributed by atoms with Gasteiger partial charge in [-0.1, -0.05) is 0 Å². The van der Waals surface area contributed by atoms with Crippen LogP contribution in [0.5, 0.6) is 0 Å². The highest BCUT2D eigenvalue weighted by molar-refractivity contribution is 5.85. The standard InChI is InChI=1S/C6H7FN2O2/c1-8-9-3-4(7)2-5(9)6(10)11/h2-3,8H,1H3,(H,10,11). The number of carboxylic acids is 1. The topological polar surface area (TPSA) is 54.3 Å². The Morgan fingerprint density at radius 2 is 2.45 bits per heavy atom. The lowest BCUT2D eigenvalue weighted by Gasteiger charge is -2.01. The van der Waals surface area contributed by atoms with Gasteiger partial charge in [0, 0.05) is 13.1 Å². The number of hydrogen-bond donors (Lipinski definition) is 2. The van der Waals surface area contributed by atoms with E-state index in [1.807, 2.05) is 0 Å². The van der Waals surface area contributed by atoms with Crippen molar-refractivity contribution in [3.05, 3.63) is 23.8 Å². The molecule has 0 aliphatic rings. The quantitative estimate of drug-likeness (QED) is 0.658. The molecule has 5 heteroatoms. The van der Waals surface area contributed by atoms with Crippen LogP contribution < -0.4 is 5.43 Å². The van der Waals surface area contributed by atoms with Gasteiger partial charge in [0.05, 0.1) is 6.20 Å². The van der Waals surface area contributed by atoms with E-state index in [4.69, 9.17) is 5.11 Å². The molecule has 0 aromatic carbocycles. The van der Waals surface area contributed by atoms with Crippen LogP contribution in [0, 0.1) is 5.82 Å². The summed E-state index contributed by atoms with van der Waals surface area (Å²) in [6.07, 6.45) is 1.06. The summed E-state index contributed by atoms with van der Waals surface area (Å²) in [5.41, 5.74) is 2.37. The summed E-state index contributed by atoms with van der Waals surface area (Å²) in [4.78, 5) is 10.4. The molecule has 2 N–H and O–H groups in total. The summed E-state index contributed by atoms with van der Waals surface area (Å²) in [6.45, 7) is 0. The van der Waals surface area contributed by atoms with Gasteiger partial charge in [-0.05, 0) is 0 Å². The van der Waals surface area contributed by atoms with Crippen molar-refractivity contribution in [2.75, 3.05) is 12.5 Å². The number of hydrogen-bond acceptors (Lipinski definition) is 2. The lowest BCUT2D eigenvalue weighted by atomic mass is 10.4. The minimum atomic E-state index is -1.16. The molecule has 0 fully saturated rings. The lowest BCUT2D eigenvalue weighted by molar-refractivity contribution is 0.0687. The number of aromatic nitrogens is 1. The number of nitrogens with zero attached hydrogens (tertiary/aromatic N) is 1. The van der Waals surface area contributed by atoms with E-state index in [-0.39, 0.29) is 5.69 Å². The van der Waals surface area contributed by atoms with Crippen molar-refractivity contribution in [2.45, 2.75) is 0 Å².